The molecule has 1 unspecified atom stereocenters. The third-order valence-corrected chi connectivity index (χ3v) is 5.02. The van der Waals surface area contributed by atoms with Crippen LogP contribution < -0.4 is 5.32 Å². The quantitative estimate of drug-likeness (QED) is 0.740. The van der Waals surface area contributed by atoms with Gasteiger partial charge in [-0.1, -0.05) is 29.8 Å². The van der Waals surface area contributed by atoms with Crippen molar-refractivity contribution in [3.63, 3.8) is 0 Å². The molecule has 1 atom stereocenters. The van der Waals surface area contributed by atoms with Gasteiger partial charge < -0.3 is 9.30 Å². The van der Waals surface area contributed by atoms with E-state index in [0.29, 0.717) is 6.61 Å². The summed E-state index contributed by atoms with van der Waals surface area (Å²) in [4.78, 5) is 17.0. The molecule has 0 radical (unpaired) electrons. The topological polar surface area (TPSA) is 56.1 Å². The van der Waals surface area contributed by atoms with E-state index >= 15 is 0 Å². The van der Waals surface area contributed by atoms with Crippen LogP contribution in [0.15, 0.2) is 42.5 Å². The number of ether oxygens (including phenoxy) is 1. The van der Waals surface area contributed by atoms with E-state index in [0.717, 1.165) is 47.5 Å². The normalized spacial score (nSPS) is 16.3. The molecule has 2 heterocycles. The monoisotopic (exact) mass is 349 g/mol. The minimum Gasteiger partial charge on any atom is -0.449 e. The summed E-state index contributed by atoms with van der Waals surface area (Å²) < 4.78 is 7.78. The van der Waals surface area contributed by atoms with Gasteiger partial charge in [-0.05, 0) is 50.5 Å². The minimum absolute atomic E-state index is 0.140. The average Bonchev–Trinajstić information content (AvgIpc) is 3.02. The van der Waals surface area contributed by atoms with Crippen LogP contribution in [-0.4, -0.2) is 22.3 Å². The molecule has 1 aliphatic rings. The van der Waals surface area contributed by atoms with Crippen molar-refractivity contribution in [3.8, 4) is 0 Å². The SMILES string of the molecule is Cc1ccc(NC(=O)OCC2CCCn3c2nc2ccccc23)c(C)c1. The predicted molar refractivity (Wildman–Crippen MR) is 103 cm³/mol. The van der Waals surface area contributed by atoms with E-state index in [1.165, 1.54) is 5.56 Å². The number of nitrogens with zero attached hydrogens (tertiary/aromatic N) is 2. The maximum absolute atomic E-state index is 12.2. The van der Waals surface area contributed by atoms with Crippen LogP contribution in [0.1, 0.15) is 35.7 Å². The molecule has 26 heavy (non-hydrogen) atoms. The van der Waals surface area contributed by atoms with Crippen molar-refractivity contribution in [2.75, 3.05) is 11.9 Å². The molecule has 4 rings (SSSR count). The van der Waals surface area contributed by atoms with Crippen molar-refractivity contribution in [3.05, 3.63) is 59.4 Å². The first-order valence-electron chi connectivity index (χ1n) is 9.08. The van der Waals surface area contributed by atoms with Gasteiger partial charge in [-0.25, -0.2) is 9.78 Å². The zero-order chi connectivity index (χ0) is 18.1. The smallest absolute Gasteiger partial charge is 0.411 e. The highest BCUT2D eigenvalue weighted by Gasteiger charge is 2.25. The number of para-hydroxylation sites is 2. The number of anilines is 1. The molecule has 0 spiro atoms. The van der Waals surface area contributed by atoms with Crippen LogP contribution >= 0.6 is 0 Å². The number of carbonyl (C=O) groups excluding carboxylic acids is 1. The highest BCUT2D eigenvalue weighted by atomic mass is 16.5. The lowest BCUT2D eigenvalue weighted by Crippen LogP contribution is -2.23. The number of hydrogen-bond acceptors (Lipinski definition) is 3. The van der Waals surface area contributed by atoms with E-state index in [2.05, 4.69) is 16.0 Å². The number of rotatable bonds is 3. The van der Waals surface area contributed by atoms with Gasteiger partial charge in [-0.2, -0.15) is 0 Å². The molecule has 134 valence electrons. The molecular weight excluding hydrogens is 326 g/mol. The van der Waals surface area contributed by atoms with Gasteiger partial charge in [-0.15, -0.1) is 0 Å². The maximum Gasteiger partial charge on any atom is 0.411 e. The van der Waals surface area contributed by atoms with Crippen LogP contribution in [0, 0.1) is 13.8 Å². The largest absolute Gasteiger partial charge is 0.449 e. The number of carbonyl (C=O) groups is 1. The molecule has 0 aliphatic carbocycles. The fourth-order valence-electron chi connectivity index (χ4n) is 3.70. The maximum atomic E-state index is 12.2. The summed E-state index contributed by atoms with van der Waals surface area (Å²) in [6.45, 7) is 5.33. The highest BCUT2D eigenvalue weighted by molar-refractivity contribution is 5.85. The number of imidazole rings is 1. The highest BCUT2D eigenvalue weighted by Crippen LogP contribution is 2.30. The molecule has 1 N–H and O–H groups in total. The Morgan fingerprint density at radius 3 is 2.96 bits per heavy atom. The Morgan fingerprint density at radius 2 is 2.12 bits per heavy atom. The van der Waals surface area contributed by atoms with Crippen molar-refractivity contribution >= 4 is 22.8 Å². The summed E-state index contributed by atoms with van der Waals surface area (Å²) in [7, 11) is 0. The van der Waals surface area contributed by atoms with Crippen LogP contribution in [0.5, 0.6) is 0 Å². The minimum atomic E-state index is -0.412. The molecular formula is C21H23N3O2. The van der Waals surface area contributed by atoms with Gasteiger partial charge in [0, 0.05) is 12.2 Å². The second kappa shape index (κ2) is 6.83. The van der Waals surface area contributed by atoms with Gasteiger partial charge in [0.1, 0.15) is 12.4 Å². The summed E-state index contributed by atoms with van der Waals surface area (Å²) in [5.74, 6) is 1.16. The molecule has 0 saturated carbocycles. The van der Waals surface area contributed by atoms with Crippen molar-refractivity contribution in [2.45, 2.75) is 39.2 Å². The third kappa shape index (κ3) is 3.17. The van der Waals surface area contributed by atoms with E-state index in [1.54, 1.807) is 0 Å². The van der Waals surface area contributed by atoms with E-state index in [9.17, 15) is 4.79 Å². The van der Waals surface area contributed by atoms with Crippen LogP contribution in [-0.2, 0) is 11.3 Å². The van der Waals surface area contributed by atoms with Crippen LogP contribution in [0.3, 0.4) is 0 Å². The molecule has 5 nitrogen and oxygen atoms in total. The number of aromatic nitrogens is 2. The third-order valence-electron chi connectivity index (χ3n) is 5.02. The molecule has 3 aromatic rings. The van der Waals surface area contributed by atoms with Crippen LogP contribution in [0.2, 0.25) is 0 Å². The van der Waals surface area contributed by atoms with Gasteiger partial charge in [0.05, 0.1) is 17.0 Å². The second-order valence-electron chi connectivity index (χ2n) is 6.99. The molecule has 1 aliphatic heterocycles. The molecule has 0 fully saturated rings. The fourth-order valence-corrected chi connectivity index (χ4v) is 3.70. The standard InChI is InChI=1S/C21H23N3O2/c1-14-9-10-17(15(2)12-14)23-21(25)26-13-16-6-5-11-24-19-8-4-3-7-18(19)22-20(16)24/h3-4,7-10,12,16H,5-6,11,13H2,1-2H3,(H,23,25). The Bertz CT molecular complexity index is 961. The number of nitrogens with one attached hydrogen (secondary N) is 1. The lowest BCUT2D eigenvalue weighted by molar-refractivity contribution is 0.147. The summed E-state index contributed by atoms with van der Waals surface area (Å²) in [6.07, 6.45) is 1.64. The number of hydrogen-bond donors (Lipinski definition) is 1. The molecule has 1 amide bonds. The summed E-state index contributed by atoms with van der Waals surface area (Å²) >= 11 is 0. The number of amides is 1. The summed E-state index contributed by atoms with van der Waals surface area (Å²) in [5.41, 5.74) is 5.15. The number of aryl methyl sites for hydroxylation is 3. The number of fused-ring (bicyclic) bond motifs is 3. The van der Waals surface area contributed by atoms with Gasteiger partial charge >= 0.3 is 6.09 Å². The molecule has 0 saturated heterocycles. The molecule has 0 bridgehead atoms. The van der Waals surface area contributed by atoms with Crippen LogP contribution in [0.25, 0.3) is 11.0 Å². The summed E-state index contributed by atoms with van der Waals surface area (Å²) in [5, 5.41) is 2.84. The van der Waals surface area contributed by atoms with Gasteiger partial charge in [0.15, 0.2) is 0 Å². The van der Waals surface area contributed by atoms with E-state index < -0.39 is 6.09 Å². The molecule has 1 aromatic heterocycles. The second-order valence-corrected chi connectivity index (χ2v) is 6.99. The van der Waals surface area contributed by atoms with E-state index in [1.807, 2.05) is 50.2 Å². The van der Waals surface area contributed by atoms with Crippen molar-refractivity contribution in [2.24, 2.45) is 0 Å². The Kier molecular flexibility index (Phi) is 4.37. The predicted octanol–water partition coefficient (Wildman–Crippen LogP) is 4.78. The first-order chi connectivity index (χ1) is 12.6. The van der Waals surface area contributed by atoms with E-state index in [-0.39, 0.29) is 5.92 Å². The van der Waals surface area contributed by atoms with E-state index in [4.69, 9.17) is 9.72 Å². The Morgan fingerprint density at radius 1 is 1.27 bits per heavy atom. The Hall–Kier alpha value is -2.82. The van der Waals surface area contributed by atoms with Gasteiger partial charge in [-0.3, -0.25) is 5.32 Å². The molecule has 2 aromatic carbocycles. The lowest BCUT2D eigenvalue weighted by atomic mass is 10.00. The first-order valence-corrected chi connectivity index (χ1v) is 9.08. The summed E-state index contributed by atoms with van der Waals surface area (Å²) in [6, 6.07) is 14.1. The molecule has 5 heteroatoms. The fraction of sp³-hybridized carbons (Fsp3) is 0.333. The Labute approximate surface area is 153 Å². The average molecular weight is 349 g/mol. The zero-order valence-electron chi connectivity index (χ0n) is 15.2. The zero-order valence-corrected chi connectivity index (χ0v) is 15.2. The Balaban J connectivity index is 1.45. The van der Waals surface area contributed by atoms with Crippen molar-refractivity contribution in [1.29, 1.82) is 0 Å². The van der Waals surface area contributed by atoms with Crippen molar-refractivity contribution < 1.29 is 9.53 Å². The van der Waals surface area contributed by atoms with Crippen LogP contribution in [0.4, 0.5) is 10.5 Å². The first kappa shape index (κ1) is 16.6. The van der Waals surface area contributed by atoms with Gasteiger partial charge in [0.2, 0.25) is 0 Å². The number of benzene rings is 2. The van der Waals surface area contributed by atoms with Gasteiger partial charge in [0.25, 0.3) is 0 Å². The lowest BCUT2D eigenvalue weighted by Gasteiger charge is -2.23. The van der Waals surface area contributed by atoms with Crippen molar-refractivity contribution in [1.82, 2.24) is 9.55 Å².